The average Bonchev–Trinajstić information content (AvgIpc) is 2.68. The van der Waals surface area contributed by atoms with E-state index in [0.29, 0.717) is 31.8 Å². The number of carbonyl (C=O) groups is 2. The van der Waals surface area contributed by atoms with E-state index < -0.39 is 0 Å². The number of fused-ring (bicyclic) bond motifs is 1. The van der Waals surface area contributed by atoms with E-state index in [9.17, 15) is 9.59 Å². The zero-order valence-electron chi connectivity index (χ0n) is 15.9. The van der Waals surface area contributed by atoms with Crippen molar-refractivity contribution < 1.29 is 14.3 Å². The summed E-state index contributed by atoms with van der Waals surface area (Å²) >= 11 is 0. The molecule has 2 amide bonds. The second-order valence-electron chi connectivity index (χ2n) is 7.22. The molecule has 1 aromatic carbocycles. The molecule has 2 saturated heterocycles. The SMILES string of the molecule is COc1cccc(CCC(=O)N2CC[C@@H]3[C@@H](CCC(=O)N3CCN)C2)c1.Cl. The molecule has 6 nitrogen and oxygen atoms in total. The first-order chi connectivity index (χ1) is 12.6. The van der Waals surface area contributed by atoms with Crippen molar-refractivity contribution in [1.29, 1.82) is 0 Å². The van der Waals surface area contributed by atoms with Crippen LogP contribution in [-0.4, -0.2) is 60.9 Å². The molecule has 3 rings (SSSR count). The molecular formula is C20H30ClN3O3. The quantitative estimate of drug-likeness (QED) is 0.797. The Labute approximate surface area is 167 Å². The normalized spacial score (nSPS) is 22.1. The number of ether oxygens (including phenoxy) is 1. The van der Waals surface area contributed by atoms with Crippen LogP contribution in [-0.2, 0) is 16.0 Å². The maximum atomic E-state index is 12.7. The van der Waals surface area contributed by atoms with Gasteiger partial charge in [0.25, 0.3) is 0 Å². The first-order valence-corrected chi connectivity index (χ1v) is 9.52. The first kappa shape index (κ1) is 21.5. The highest BCUT2D eigenvalue weighted by molar-refractivity contribution is 5.85. The Morgan fingerprint density at radius 3 is 2.89 bits per heavy atom. The van der Waals surface area contributed by atoms with Crippen LogP contribution in [0.2, 0.25) is 0 Å². The maximum absolute atomic E-state index is 12.7. The molecule has 0 spiro atoms. The van der Waals surface area contributed by atoms with Crippen LogP contribution in [0.1, 0.15) is 31.2 Å². The number of nitrogens with zero attached hydrogens (tertiary/aromatic N) is 2. The van der Waals surface area contributed by atoms with Crippen LogP contribution in [0.4, 0.5) is 0 Å². The Kier molecular flexibility index (Phi) is 7.92. The number of hydrogen-bond acceptors (Lipinski definition) is 4. The first-order valence-electron chi connectivity index (χ1n) is 9.52. The number of methoxy groups -OCH3 is 1. The van der Waals surface area contributed by atoms with Crippen LogP contribution in [0.5, 0.6) is 5.75 Å². The Hall–Kier alpha value is -1.79. The highest BCUT2D eigenvalue weighted by atomic mass is 35.5. The molecule has 0 aliphatic carbocycles. The van der Waals surface area contributed by atoms with Gasteiger partial charge in [0.1, 0.15) is 5.75 Å². The van der Waals surface area contributed by atoms with Gasteiger partial charge < -0.3 is 20.3 Å². The zero-order chi connectivity index (χ0) is 18.5. The summed E-state index contributed by atoms with van der Waals surface area (Å²) in [5.74, 6) is 1.62. The third-order valence-corrected chi connectivity index (χ3v) is 5.63. The molecule has 0 aromatic heterocycles. The number of piperidine rings is 2. The monoisotopic (exact) mass is 395 g/mol. The lowest BCUT2D eigenvalue weighted by Crippen LogP contribution is -2.57. The molecule has 0 unspecified atom stereocenters. The van der Waals surface area contributed by atoms with E-state index >= 15 is 0 Å². The van der Waals surface area contributed by atoms with Crippen molar-refractivity contribution in [2.45, 2.75) is 38.1 Å². The number of aryl methyl sites for hydroxylation is 1. The van der Waals surface area contributed by atoms with E-state index in [1.807, 2.05) is 34.1 Å². The number of carbonyl (C=O) groups excluding carboxylic acids is 2. The highest BCUT2D eigenvalue weighted by Gasteiger charge is 2.39. The molecule has 1 aromatic rings. The van der Waals surface area contributed by atoms with E-state index in [4.69, 9.17) is 10.5 Å². The summed E-state index contributed by atoms with van der Waals surface area (Å²) in [5.41, 5.74) is 6.78. The highest BCUT2D eigenvalue weighted by Crippen LogP contribution is 2.31. The fourth-order valence-corrected chi connectivity index (χ4v) is 4.24. The Morgan fingerprint density at radius 2 is 2.15 bits per heavy atom. The number of amides is 2. The van der Waals surface area contributed by atoms with Crippen LogP contribution in [0.25, 0.3) is 0 Å². The standard InChI is InChI=1S/C20H29N3O3.ClH/c1-26-17-4-2-3-15(13-17)5-7-19(24)22-11-9-18-16(14-22)6-8-20(25)23(18)12-10-21;/h2-4,13,16,18H,5-12,14,21H2,1H3;1H/t16-,18+;/m0./s1. The Balaban J connectivity index is 0.00000261. The molecule has 150 valence electrons. The van der Waals surface area contributed by atoms with E-state index in [-0.39, 0.29) is 30.3 Å². The molecular weight excluding hydrogens is 366 g/mol. The van der Waals surface area contributed by atoms with E-state index in [1.54, 1.807) is 7.11 Å². The predicted molar refractivity (Wildman–Crippen MR) is 107 cm³/mol. The lowest BCUT2D eigenvalue weighted by atomic mass is 9.83. The average molecular weight is 396 g/mol. The number of hydrogen-bond donors (Lipinski definition) is 1. The Bertz CT molecular complexity index is 655. The van der Waals surface area contributed by atoms with Gasteiger partial charge in [0, 0.05) is 45.1 Å². The lowest BCUT2D eigenvalue weighted by molar-refractivity contribution is -0.144. The molecule has 2 aliphatic heterocycles. The van der Waals surface area contributed by atoms with Crippen molar-refractivity contribution >= 4 is 24.2 Å². The second-order valence-corrected chi connectivity index (χ2v) is 7.22. The van der Waals surface area contributed by atoms with Crippen LogP contribution in [0.15, 0.2) is 24.3 Å². The summed E-state index contributed by atoms with van der Waals surface area (Å²) in [4.78, 5) is 28.7. The van der Waals surface area contributed by atoms with Crippen molar-refractivity contribution in [1.82, 2.24) is 9.80 Å². The fourth-order valence-electron chi connectivity index (χ4n) is 4.24. The topological polar surface area (TPSA) is 75.9 Å². The van der Waals surface area contributed by atoms with Crippen LogP contribution >= 0.6 is 12.4 Å². The summed E-state index contributed by atoms with van der Waals surface area (Å²) in [6.07, 6.45) is 3.55. The van der Waals surface area contributed by atoms with Gasteiger partial charge in [0.2, 0.25) is 11.8 Å². The summed E-state index contributed by atoms with van der Waals surface area (Å²) in [7, 11) is 1.65. The minimum absolute atomic E-state index is 0. The summed E-state index contributed by atoms with van der Waals surface area (Å²) in [6.45, 7) is 2.62. The molecule has 27 heavy (non-hydrogen) atoms. The van der Waals surface area contributed by atoms with Gasteiger partial charge in [-0.25, -0.2) is 0 Å². The third-order valence-electron chi connectivity index (χ3n) is 5.63. The van der Waals surface area contributed by atoms with Gasteiger partial charge in [-0.15, -0.1) is 12.4 Å². The van der Waals surface area contributed by atoms with E-state index in [0.717, 1.165) is 43.7 Å². The smallest absolute Gasteiger partial charge is 0.222 e. The van der Waals surface area contributed by atoms with Crippen LogP contribution in [0.3, 0.4) is 0 Å². The Morgan fingerprint density at radius 1 is 1.33 bits per heavy atom. The predicted octanol–water partition coefficient (Wildman–Crippen LogP) is 1.85. The van der Waals surface area contributed by atoms with Gasteiger partial charge in [-0.3, -0.25) is 9.59 Å². The second kappa shape index (κ2) is 9.95. The van der Waals surface area contributed by atoms with Crippen molar-refractivity contribution in [3.05, 3.63) is 29.8 Å². The molecule has 2 atom stereocenters. The molecule has 2 fully saturated rings. The third kappa shape index (κ3) is 5.14. The van der Waals surface area contributed by atoms with Gasteiger partial charge in [0.05, 0.1) is 7.11 Å². The van der Waals surface area contributed by atoms with E-state index in [2.05, 4.69) is 0 Å². The minimum atomic E-state index is 0. The summed E-state index contributed by atoms with van der Waals surface area (Å²) in [6, 6.07) is 8.13. The van der Waals surface area contributed by atoms with Crippen LogP contribution < -0.4 is 10.5 Å². The minimum Gasteiger partial charge on any atom is -0.497 e. The number of nitrogens with two attached hydrogens (primary N) is 1. The number of halogens is 1. The number of benzene rings is 1. The van der Waals surface area contributed by atoms with Gasteiger partial charge in [0.15, 0.2) is 0 Å². The van der Waals surface area contributed by atoms with Crippen molar-refractivity contribution in [3.63, 3.8) is 0 Å². The van der Waals surface area contributed by atoms with Crippen molar-refractivity contribution in [2.24, 2.45) is 11.7 Å². The molecule has 0 bridgehead atoms. The molecule has 0 saturated carbocycles. The number of likely N-dealkylation sites (tertiary alicyclic amines) is 2. The van der Waals surface area contributed by atoms with Crippen molar-refractivity contribution in [2.75, 3.05) is 33.3 Å². The largest absolute Gasteiger partial charge is 0.497 e. The van der Waals surface area contributed by atoms with Crippen LogP contribution in [0, 0.1) is 5.92 Å². The molecule has 2 aliphatic rings. The molecule has 2 heterocycles. The van der Waals surface area contributed by atoms with Gasteiger partial charge in [-0.1, -0.05) is 12.1 Å². The van der Waals surface area contributed by atoms with Crippen molar-refractivity contribution in [3.8, 4) is 5.75 Å². The fraction of sp³-hybridized carbons (Fsp3) is 0.600. The zero-order valence-corrected chi connectivity index (χ0v) is 16.7. The lowest BCUT2D eigenvalue weighted by Gasteiger charge is -2.47. The van der Waals surface area contributed by atoms with Gasteiger partial charge in [-0.2, -0.15) is 0 Å². The molecule has 0 radical (unpaired) electrons. The van der Waals surface area contributed by atoms with E-state index in [1.165, 1.54) is 0 Å². The summed E-state index contributed by atoms with van der Waals surface area (Å²) < 4.78 is 5.24. The number of rotatable bonds is 6. The maximum Gasteiger partial charge on any atom is 0.222 e. The van der Waals surface area contributed by atoms with Gasteiger partial charge in [-0.05, 0) is 42.9 Å². The summed E-state index contributed by atoms with van der Waals surface area (Å²) in [5, 5.41) is 0. The van der Waals surface area contributed by atoms with Gasteiger partial charge >= 0.3 is 0 Å². The molecule has 7 heteroatoms. The molecule has 2 N–H and O–H groups in total.